The summed E-state index contributed by atoms with van der Waals surface area (Å²) in [5.41, 5.74) is 0. The van der Waals surface area contributed by atoms with Crippen molar-refractivity contribution in [2.24, 2.45) is 4.99 Å². The van der Waals surface area contributed by atoms with Gasteiger partial charge in [0.05, 0.1) is 6.61 Å². The van der Waals surface area contributed by atoms with Crippen molar-refractivity contribution in [2.45, 2.75) is 75.1 Å². The Morgan fingerprint density at radius 2 is 1.93 bits per heavy atom. The summed E-state index contributed by atoms with van der Waals surface area (Å²) in [4.78, 5) is 15.6. The molecule has 10 atom stereocenters. The minimum atomic E-state index is -1.59. The first-order valence-corrected chi connectivity index (χ1v) is 8.92. The molecule has 0 aromatic heterocycles. The van der Waals surface area contributed by atoms with Crippen LogP contribution >= 0.6 is 0 Å². The monoisotopic (exact) mass is 408 g/mol. The molecule has 0 spiro atoms. The van der Waals surface area contributed by atoms with E-state index >= 15 is 0 Å². The molecule has 0 aromatic rings. The Kier molecular flexibility index (Phi) is 6.49. The predicted octanol–water partition coefficient (Wildman–Crippen LogP) is -2.81. The lowest BCUT2D eigenvalue weighted by molar-refractivity contribution is -0.320. The molecule has 0 unspecified atom stereocenters. The number of fused-ring (bicyclic) bond motifs is 1. The summed E-state index contributed by atoms with van der Waals surface area (Å²) in [5, 5.41) is 42.9. The number of carbonyl (C=O) groups is 1. The number of alkyl halides is 1. The first kappa shape index (κ1) is 21.3. The third-order valence-corrected chi connectivity index (χ3v) is 4.95. The summed E-state index contributed by atoms with van der Waals surface area (Å²) in [7, 11) is 0. The minimum Gasteiger partial charge on any atom is -0.450 e. The van der Waals surface area contributed by atoms with Gasteiger partial charge < -0.3 is 44.7 Å². The topological polar surface area (TPSA) is 159 Å². The fraction of sp³-hybridized carbons (Fsp3) is 0.875. The molecule has 12 heteroatoms. The lowest BCUT2D eigenvalue weighted by Crippen LogP contribution is -2.67. The average Bonchev–Trinajstić information content (AvgIpc) is 3.03. The van der Waals surface area contributed by atoms with Gasteiger partial charge in [-0.05, 0) is 0 Å². The van der Waals surface area contributed by atoms with E-state index in [-0.39, 0.29) is 0 Å². The quantitative estimate of drug-likeness (QED) is 0.324. The third-order valence-electron chi connectivity index (χ3n) is 4.95. The zero-order valence-corrected chi connectivity index (χ0v) is 15.3. The number of ether oxygens (including phenoxy) is 4. The normalized spacial score (nSPS) is 45.8. The van der Waals surface area contributed by atoms with Gasteiger partial charge in [0.1, 0.15) is 55.4 Å². The maximum Gasteiger partial charge on any atom is 0.227 e. The molecule has 0 radical (unpaired) electrons. The highest BCUT2D eigenvalue weighted by Crippen LogP contribution is 2.32. The van der Waals surface area contributed by atoms with Gasteiger partial charge in [0.25, 0.3) is 0 Å². The largest absolute Gasteiger partial charge is 0.450 e. The van der Waals surface area contributed by atoms with Crippen molar-refractivity contribution >= 4 is 11.8 Å². The Bertz CT molecular complexity index is 609. The van der Waals surface area contributed by atoms with Crippen LogP contribution in [0.4, 0.5) is 4.39 Å². The fourth-order valence-corrected chi connectivity index (χ4v) is 3.58. The van der Waals surface area contributed by atoms with Crippen molar-refractivity contribution in [2.75, 3.05) is 13.3 Å². The fourth-order valence-electron chi connectivity index (χ4n) is 3.58. The molecule has 2 fully saturated rings. The van der Waals surface area contributed by atoms with Crippen molar-refractivity contribution in [3.05, 3.63) is 0 Å². The number of rotatable bonds is 5. The molecule has 1 amide bonds. The van der Waals surface area contributed by atoms with Crippen LogP contribution < -0.4 is 5.32 Å². The van der Waals surface area contributed by atoms with Crippen molar-refractivity contribution in [3.8, 4) is 0 Å². The minimum absolute atomic E-state index is 0.299. The lowest BCUT2D eigenvalue weighted by Gasteiger charge is -2.46. The van der Waals surface area contributed by atoms with Crippen LogP contribution in [0.2, 0.25) is 0 Å². The second-order valence-electron chi connectivity index (χ2n) is 6.98. The number of hydrogen-bond acceptors (Lipinski definition) is 10. The van der Waals surface area contributed by atoms with Crippen LogP contribution in [0.25, 0.3) is 0 Å². The Morgan fingerprint density at radius 1 is 1.21 bits per heavy atom. The highest BCUT2D eigenvalue weighted by Gasteiger charge is 2.53. The van der Waals surface area contributed by atoms with Gasteiger partial charge in [-0.15, -0.1) is 0 Å². The van der Waals surface area contributed by atoms with Crippen molar-refractivity contribution in [1.82, 2.24) is 5.32 Å². The Labute approximate surface area is 160 Å². The molecule has 5 N–H and O–H groups in total. The average molecular weight is 408 g/mol. The molecule has 0 aliphatic carbocycles. The number of aliphatic imine (C=N–C) groups is 1. The van der Waals surface area contributed by atoms with E-state index in [4.69, 9.17) is 18.9 Å². The van der Waals surface area contributed by atoms with Gasteiger partial charge >= 0.3 is 0 Å². The van der Waals surface area contributed by atoms with Crippen LogP contribution in [-0.2, 0) is 23.7 Å². The van der Waals surface area contributed by atoms with E-state index in [0.29, 0.717) is 5.90 Å². The number of nitrogens with one attached hydrogen (secondary N) is 1. The van der Waals surface area contributed by atoms with Crippen LogP contribution in [-0.4, -0.2) is 107 Å². The molecule has 0 saturated carbocycles. The third kappa shape index (κ3) is 3.99. The molecule has 0 bridgehead atoms. The van der Waals surface area contributed by atoms with Crippen LogP contribution in [0.15, 0.2) is 4.99 Å². The Hall–Kier alpha value is -1.41. The summed E-state index contributed by atoms with van der Waals surface area (Å²) < 4.78 is 35.2. The zero-order valence-electron chi connectivity index (χ0n) is 15.3. The van der Waals surface area contributed by atoms with Gasteiger partial charge in [-0.2, -0.15) is 0 Å². The standard InChI is InChI=1S/C16H25FN2O9/c1-5(21)18-9-12(23)11(22)7(3-17)26-16(9)28-14-8(4-20)27-15-10(13(14)24)19-6(2)25-15/h7-16,20,22-24H,3-4H2,1-2H3,(H,18,21)/t7-,8-,9-,10-,11-,12-,13-,14-,15+,16+/m1/s1. The van der Waals surface area contributed by atoms with Gasteiger partial charge in [0.15, 0.2) is 12.2 Å². The number of halogens is 1. The van der Waals surface area contributed by atoms with Crippen molar-refractivity contribution in [3.63, 3.8) is 0 Å². The molecular weight excluding hydrogens is 383 g/mol. The molecular formula is C16H25FN2O9. The number of amides is 1. The number of aliphatic hydroxyl groups excluding tert-OH is 4. The first-order valence-electron chi connectivity index (χ1n) is 8.92. The summed E-state index contributed by atoms with van der Waals surface area (Å²) in [6.07, 6.45) is -10.4. The maximum atomic E-state index is 13.2. The lowest BCUT2D eigenvalue weighted by atomic mass is 9.95. The summed E-state index contributed by atoms with van der Waals surface area (Å²) in [6.45, 7) is 1.12. The predicted molar refractivity (Wildman–Crippen MR) is 88.9 cm³/mol. The number of nitrogens with zero attached hydrogens (tertiary/aromatic N) is 1. The molecule has 3 aliphatic heterocycles. The van der Waals surface area contributed by atoms with E-state index in [1.165, 1.54) is 6.92 Å². The van der Waals surface area contributed by atoms with E-state index in [1.807, 2.05) is 0 Å². The summed E-state index contributed by atoms with van der Waals surface area (Å²) >= 11 is 0. The molecule has 0 aromatic carbocycles. The molecule has 11 nitrogen and oxygen atoms in total. The zero-order chi connectivity index (χ0) is 20.6. The second kappa shape index (κ2) is 8.53. The highest BCUT2D eigenvalue weighted by molar-refractivity contribution is 5.75. The number of hydrogen-bond donors (Lipinski definition) is 5. The Balaban J connectivity index is 1.81. The number of carbonyl (C=O) groups excluding carboxylic acids is 1. The maximum absolute atomic E-state index is 13.2. The second-order valence-corrected chi connectivity index (χ2v) is 6.98. The Morgan fingerprint density at radius 3 is 2.54 bits per heavy atom. The van der Waals surface area contributed by atoms with Gasteiger partial charge in [-0.25, -0.2) is 9.38 Å². The SMILES string of the molecule is CC(=O)N[C@H]1[C@H](O[C@H]2[C@H](O)[C@H]3N=C(C)O[C@H]3O[C@@H]2CO)O[C@H](CF)[C@@H](O)[C@@H]1O. The van der Waals surface area contributed by atoms with E-state index in [0.717, 1.165) is 0 Å². The van der Waals surface area contributed by atoms with Crippen LogP contribution in [0.1, 0.15) is 13.8 Å². The molecule has 3 aliphatic rings. The van der Waals surface area contributed by atoms with Crippen LogP contribution in [0.3, 0.4) is 0 Å². The van der Waals surface area contributed by atoms with Gasteiger partial charge in [0.2, 0.25) is 12.2 Å². The molecule has 3 rings (SSSR count). The molecule has 28 heavy (non-hydrogen) atoms. The highest BCUT2D eigenvalue weighted by atomic mass is 19.1. The van der Waals surface area contributed by atoms with Crippen LogP contribution in [0, 0.1) is 0 Å². The summed E-state index contributed by atoms with van der Waals surface area (Å²) in [5.74, 6) is -0.247. The smallest absolute Gasteiger partial charge is 0.227 e. The first-order chi connectivity index (χ1) is 13.3. The van der Waals surface area contributed by atoms with E-state index < -0.39 is 80.5 Å². The van der Waals surface area contributed by atoms with Gasteiger partial charge in [0, 0.05) is 13.8 Å². The number of aliphatic hydroxyl groups is 4. The van der Waals surface area contributed by atoms with Crippen molar-refractivity contribution in [1.29, 1.82) is 0 Å². The summed E-state index contributed by atoms with van der Waals surface area (Å²) in [6, 6.07) is -2.06. The van der Waals surface area contributed by atoms with Crippen LogP contribution in [0.5, 0.6) is 0 Å². The van der Waals surface area contributed by atoms with Gasteiger partial charge in [-0.3, -0.25) is 4.79 Å². The molecule has 3 heterocycles. The van der Waals surface area contributed by atoms with Crippen molar-refractivity contribution < 1.29 is 48.6 Å². The van der Waals surface area contributed by atoms with Gasteiger partial charge in [-0.1, -0.05) is 0 Å². The van der Waals surface area contributed by atoms with E-state index in [9.17, 15) is 29.6 Å². The van der Waals surface area contributed by atoms with E-state index in [2.05, 4.69) is 10.3 Å². The van der Waals surface area contributed by atoms with E-state index in [1.54, 1.807) is 6.92 Å². The molecule has 2 saturated heterocycles. The molecule has 160 valence electrons.